The molecule has 7 nitrogen and oxygen atoms in total. The predicted molar refractivity (Wildman–Crippen MR) is 135 cm³/mol. The van der Waals surface area contributed by atoms with E-state index in [0.717, 1.165) is 18.5 Å². The van der Waals surface area contributed by atoms with E-state index in [1.807, 2.05) is 18.2 Å². The molecule has 1 aromatic heterocycles. The SMILES string of the molecule is CN(C)S(=O)(=O)c1ccc(C(=O)N(/N=C/c2ccc(F)cc2)c2nc3ccc(Br)cc3s2)cc1. The molecule has 34 heavy (non-hydrogen) atoms. The molecule has 0 atom stereocenters. The van der Waals surface area contributed by atoms with Gasteiger partial charge in [0.15, 0.2) is 0 Å². The first-order chi connectivity index (χ1) is 16.1. The van der Waals surface area contributed by atoms with Crippen molar-refractivity contribution in [3.8, 4) is 0 Å². The average molecular weight is 561 g/mol. The predicted octanol–water partition coefficient (Wildman–Crippen LogP) is 5.13. The van der Waals surface area contributed by atoms with Crippen LogP contribution in [-0.2, 0) is 10.0 Å². The molecule has 0 N–H and O–H groups in total. The van der Waals surface area contributed by atoms with E-state index in [1.54, 1.807) is 0 Å². The highest BCUT2D eigenvalue weighted by atomic mass is 79.9. The minimum absolute atomic E-state index is 0.0697. The monoisotopic (exact) mass is 560 g/mol. The fourth-order valence-corrected chi connectivity index (χ4v) is 5.32. The smallest absolute Gasteiger partial charge is 0.267 e. The van der Waals surface area contributed by atoms with Crippen LogP contribution in [0.15, 0.2) is 81.2 Å². The highest BCUT2D eigenvalue weighted by Crippen LogP contribution is 2.32. The molecule has 0 unspecified atom stereocenters. The third-order valence-corrected chi connectivity index (χ3v) is 8.10. The van der Waals surface area contributed by atoms with Crippen molar-refractivity contribution < 1.29 is 17.6 Å². The standard InChI is InChI=1S/C23H18BrFN4O3S2/c1-28(2)34(31,32)19-10-5-16(6-11-19)22(30)29(26-14-15-3-8-18(25)9-4-15)23-27-20-12-7-17(24)13-21(20)33-23/h3-14H,1-2H3/b26-14+. The summed E-state index contributed by atoms with van der Waals surface area (Å²) in [6.07, 6.45) is 1.43. The summed E-state index contributed by atoms with van der Waals surface area (Å²) in [5.74, 6) is -0.875. The van der Waals surface area contributed by atoms with Crippen LogP contribution in [0.5, 0.6) is 0 Å². The van der Waals surface area contributed by atoms with Crippen LogP contribution < -0.4 is 5.01 Å². The minimum Gasteiger partial charge on any atom is -0.267 e. The highest BCUT2D eigenvalue weighted by molar-refractivity contribution is 9.10. The maximum atomic E-state index is 13.4. The van der Waals surface area contributed by atoms with E-state index in [0.29, 0.717) is 16.2 Å². The van der Waals surface area contributed by atoms with Gasteiger partial charge in [0.2, 0.25) is 15.2 Å². The Balaban J connectivity index is 1.73. The van der Waals surface area contributed by atoms with E-state index >= 15 is 0 Å². The van der Waals surface area contributed by atoms with Gasteiger partial charge in [0.05, 0.1) is 21.3 Å². The first-order valence-corrected chi connectivity index (χ1v) is 12.9. The Hall–Kier alpha value is -2.99. The zero-order valence-corrected chi connectivity index (χ0v) is 21.2. The molecule has 0 aliphatic heterocycles. The zero-order chi connectivity index (χ0) is 24.5. The molecular formula is C23H18BrFN4O3S2. The first kappa shape index (κ1) is 24.1. The number of fused-ring (bicyclic) bond motifs is 1. The van der Waals surface area contributed by atoms with Crippen LogP contribution in [0.25, 0.3) is 10.2 Å². The van der Waals surface area contributed by atoms with Crippen LogP contribution in [-0.4, -0.2) is 43.9 Å². The number of hydrogen-bond acceptors (Lipinski definition) is 6. The van der Waals surface area contributed by atoms with Gasteiger partial charge >= 0.3 is 0 Å². The van der Waals surface area contributed by atoms with Gasteiger partial charge in [-0.15, -0.1) is 0 Å². The Morgan fingerprint density at radius 1 is 1.06 bits per heavy atom. The van der Waals surface area contributed by atoms with Crippen LogP contribution >= 0.6 is 27.3 Å². The van der Waals surface area contributed by atoms with Crippen molar-refractivity contribution in [1.29, 1.82) is 0 Å². The Morgan fingerprint density at radius 3 is 2.38 bits per heavy atom. The summed E-state index contributed by atoms with van der Waals surface area (Å²) in [6.45, 7) is 0. The van der Waals surface area contributed by atoms with Crippen LogP contribution in [0.3, 0.4) is 0 Å². The molecule has 0 bridgehead atoms. The number of nitrogens with zero attached hydrogens (tertiary/aromatic N) is 4. The largest absolute Gasteiger partial charge is 0.280 e. The van der Waals surface area contributed by atoms with Gasteiger partial charge in [-0.1, -0.05) is 39.4 Å². The number of carbonyl (C=O) groups is 1. The summed E-state index contributed by atoms with van der Waals surface area (Å²) in [5, 5.41) is 5.82. The lowest BCUT2D eigenvalue weighted by atomic mass is 10.2. The molecule has 0 fully saturated rings. The van der Waals surface area contributed by atoms with Gasteiger partial charge < -0.3 is 0 Å². The van der Waals surface area contributed by atoms with Crippen molar-refractivity contribution in [1.82, 2.24) is 9.29 Å². The first-order valence-electron chi connectivity index (χ1n) is 9.88. The van der Waals surface area contributed by atoms with Crippen molar-refractivity contribution in [3.63, 3.8) is 0 Å². The minimum atomic E-state index is -3.63. The number of rotatable bonds is 6. The zero-order valence-electron chi connectivity index (χ0n) is 18.0. The topological polar surface area (TPSA) is 82.9 Å². The average Bonchev–Trinajstić information content (AvgIpc) is 3.23. The lowest BCUT2D eigenvalue weighted by Crippen LogP contribution is -2.26. The molecule has 4 rings (SSSR count). The van der Waals surface area contributed by atoms with Crippen molar-refractivity contribution in [2.45, 2.75) is 4.90 Å². The number of carbonyl (C=O) groups excluding carboxylic acids is 1. The fourth-order valence-electron chi connectivity index (χ4n) is 2.94. The molecule has 1 amide bonds. The van der Waals surface area contributed by atoms with Gasteiger partial charge in [0.1, 0.15) is 5.82 Å². The lowest BCUT2D eigenvalue weighted by molar-refractivity contribution is 0.0987. The number of sulfonamides is 1. The Kier molecular flexibility index (Phi) is 6.89. The van der Waals surface area contributed by atoms with Gasteiger partial charge in [0, 0.05) is 24.1 Å². The number of hydrogen-bond donors (Lipinski definition) is 0. The molecule has 0 spiro atoms. The molecule has 11 heteroatoms. The molecular weight excluding hydrogens is 543 g/mol. The second-order valence-electron chi connectivity index (χ2n) is 7.33. The summed E-state index contributed by atoms with van der Waals surface area (Å²) in [5.41, 5.74) is 1.52. The van der Waals surface area contributed by atoms with Gasteiger partial charge in [0.25, 0.3) is 5.91 Å². The van der Waals surface area contributed by atoms with Gasteiger partial charge in [-0.25, -0.2) is 22.1 Å². The summed E-state index contributed by atoms with van der Waals surface area (Å²) in [6, 6.07) is 16.9. The van der Waals surface area contributed by atoms with E-state index in [1.165, 1.54) is 80.2 Å². The number of hydrazone groups is 1. The van der Waals surface area contributed by atoms with Gasteiger partial charge in [-0.2, -0.15) is 10.1 Å². The number of benzene rings is 3. The van der Waals surface area contributed by atoms with Gasteiger partial charge in [-0.05, 0) is 60.2 Å². The summed E-state index contributed by atoms with van der Waals surface area (Å²) < 4.78 is 40.8. The summed E-state index contributed by atoms with van der Waals surface area (Å²) in [7, 11) is -0.757. The molecule has 0 saturated carbocycles. The molecule has 0 radical (unpaired) electrons. The maximum Gasteiger partial charge on any atom is 0.280 e. The Morgan fingerprint density at radius 2 is 1.74 bits per heavy atom. The third-order valence-electron chi connectivity index (χ3n) is 4.78. The normalized spacial score (nSPS) is 12.0. The summed E-state index contributed by atoms with van der Waals surface area (Å²) >= 11 is 4.71. The highest BCUT2D eigenvalue weighted by Gasteiger charge is 2.23. The molecule has 3 aromatic carbocycles. The fraction of sp³-hybridized carbons (Fsp3) is 0.0870. The van der Waals surface area contributed by atoms with E-state index in [9.17, 15) is 17.6 Å². The number of halogens is 2. The van der Waals surface area contributed by atoms with E-state index < -0.39 is 15.9 Å². The quantitative estimate of drug-likeness (QED) is 0.242. The van der Waals surface area contributed by atoms with Crippen LogP contribution in [0.1, 0.15) is 15.9 Å². The molecule has 0 aliphatic carbocycles. The second-order valence-corrected chi connectivity index (χ2v) is 11.4. The molecule has 4 aromatic rings. The number of thiazole rings is 1. The van der Waals surface area contributed by atoms with Crippen molar-refractivity contribution in [2.24, 2.45) is 5.10 Å². The maximum absolute atomic E-state index is 13.4. The van der Waals surface area contributed by atoms with Crippen LogP contribution in [0.2, 0.25) is 0 Å². The lowest BCUT2D eigenvalue weighted by Gasteiger charge is -2.15. The molecule has 0 aliphatic rings. The van der Waals surface area contributed by atoms with Gasteiger partial charge in [-0.3, -0.25) is 4.79 Å². The van der Waals surface area contributed by atoms with Crippen LogP contribution in [0, 0.1) is 5.82 Å². The van der Waals surface area contributed by atoms with Crippen LogP contribution in [0.4, 0.5) is 9.52 Å². The Labute approximate surface area is 208 Å². The van der Waals surface area contributed by atoms with Crippen molar-refractivity contribution in [2.75, 3.05) is 19.1 Å². The molecule has 1 heterocycles. The number of anilines is 1. The van der Waals surface area contributed by atoms with E-state index in [-0.39, 0.29) is 16.3 Å². The van der Waals surface area contributed by atoms with E-state index in [2.05, 4.69) is 26.0 Å². The van der Waals surface area contributed by atoms with Crippen molar-refractivity contribution in [3.05, 3.63) is 88.1 Å². The summed E-state index contributed by atoms with van der Waals surface area (Å²) in [4.78, 5) is 18.0. The Bertz CT molecular complexity index is 1490. The number of amides is 1. The second kappa shape index (κ2) is 9.71. The molecule has 174 valence electrons. The van der Waals surface area contributed by atoms with E-state index in [4.69, 9.17) is 0 Å². The number of aromatic nitrogens is 1. The van der Waals surface area contributed by atoms with Crippen molar-refractivity contribution >= 4 is 64.8 Å². The third kappa shape index (κ3) is 5.07. The molecule has 0 saturated heterocycles.